The quantitative estimate of drug-likeness (QED) is 0.317. The van der Waals surface area contributed by atoms with Gasteiger partial charge in [0.1, 0.15) is 23.2 Å². The van der Waals surface area contributed by atoms with Crippen molar-refractivity contribution in [1.29, 1.82) is 5.26 Å². The minimum Gasteiger partial charge on any atom is -0.457 e. The van der Waals surface area contributed by atoms with Gasteiger partial charge in [-0.15, -0.1) is 0 Å². The molecule has 0 N–H and O–H groups in total. The molecule has 27 heavy (non-hydrogen) atoms. The van der Waals surface area contributed by atoms with Crippen molar-refractivity contribution in [1.82, 2.24) is 4.90 Å². The maximum Gasteiger partial charge on any atom is 0.270 e. The number of benzene rings is 1. The van der Waals surface area contributed by atoms with Crippen molar-refractivity contribution in [2.45, 2.75) is 0 Å². The predicted molar refractivity (Wildman–Crippen MR) is 99.5 cm³/mol. The summed E-state index contributed by atoms with van der Waals surface area (Å²) in [6.45, 7) is 1.78. The van der Waals surface area contributed by atoms with Gasteiger partial charge in [-0.2, -0.15) is 5.26 Å². The fourth-order valence-corrected chi connectivity index (χ4v) is 3.18. The molecule has 1 aromatic heterocycles. The van der Waals surface area contributed by atoms with Gasteiger partial charge >= 0.3 is 0 Å². The standard InChI is InChI=1S/C18H14BrN3O5/c19-16-10-13(22(24)25)1-3-15(16)17-4-2-14(27-17)9-12(11-20)18(23)21-5-7-26-8-6-21/h1-4,9-10H,5-8H2/b12-9+. The lowest BCUT2D eigenvalue weighted by Crippen LogP contribution is -2.41. The van der Waals surface area contributed by atoms with E-state index < -0.39 is 4.92 Å². The molecule has 0 saturated carbocycles. The average Bonchev–Trinajstić information content (AvgIpc) is 3.14. The number of nitriles is 1. The summed E-state index contributed by atoms with van der Waals surface area (Å²) in [6.07, 6.45) is 1.39. The first-order valence-corrected chi connectivity index (χ1v) is 8.82. The first-order chi connectivity index (χ1) is 13.0. The number of nitrogens with zero attached hydrogens (tertiary/aromatic N) is 3. The summed E-state index contributed by atoms with van der Waals surface area (Å²) < 4.78 is 11.4. The number of carbonyl (C=O) groups is 1. The van der Waals surface area contributed by atoms with E-state index in [2.05, 4.69) is 15.9 Å². The number of amides is 1. The zero-order valence-electron chi connectivity index (χ0n) is 14.1. The average molecular weight is 432 g/mol. The molecule has 9 heteroatoms. The fraction of sp³-hybridized carbons (Fsp3) is 0.222. The van der Waals surface area contributed by atoms with E-state index in [1.165, 1.54) is 18.2 Å². The summed E-state index contributed by atoms with van der Waals surface area (Å²) >= 11 is 3.30. The summed E-state index contributed by atoms with van der Waals surface area (Å²) in [4.78, 5) is 24.3. The third-order valence-corrected chi connectivity index (χ3v) is 4.65. The Morgan fingerprint density at radius 2 is 2.04 bits per heavy atom. The van der Waals surface area contributed by atoms with Gasteiger partial charge < -0.3 is 14.1 Å². The van der Waals surface area contributed by atoms with Crippen molar-refractivity contribution < 1.29 is 18.9 Å². The van der Waals surface area contributed by atoms with Gasteiger partial charge in [0.2, 0.25) is 0 Å². The Morgan fingerprint density at radius 3 is 2.67 bits per heavy atom. The van der Waals surface area contributed by atoms with Crippen molar-refractivity contribution in [2.24, 2.45) is 0 Å². The van der Waals surface area contributed by atoms with Crippen molar-refractivity contribution in [3.8, 4) is 17.4 Å². The van der Waals surface area contributed by atoms with E-state index in [9.17, 15) is 20.2 Å². The number of hydrogen-bond donors (Lipinski definition) is 0. The van der Waals surface area contributed by atoms with Gasteiger partial charge in [0.05, 0.1) is 18.1 Å². The largest absolute Gasteiger partial charge is 0.457 e. The van der Waals surface area contributed by atoms with Crippen LogP contribution in [0.4, 0.5) is 5.69 Å². The van der Waals surface area contributed by atoms with Crippen molar-refractivity contribution in [3.05, 3.63) is 56.3 Å². The maximum atomic E-state index is 12.4. The first-order valence-electron chi connectivity index (χ1n) is 8.02. The molecular weight excluding hydrogens is 418 g/mol. The number of furan rings is 1. The molecule has 2 heterocycles. The van der Waals surface area contributed by atoms with E-state index in [0.29, 0.717) is 47.9 Å². The van der Waals surface area contributed by atoms with E-state index in [0.717, 1.165) is 0 Å². The minimum absolute atomic E-state index is 0.0273. The third-order valence-electron chi connectivity index (χ3n) is 3.99. The Hall–Kier alpha value is -2.96. The molecule has 0 spiro atoms. The van der Waals surface area contributed by atoms with Crippen LogP contribution in [-0.4, -0.2) is 42.0 Å². The SMILES string of the molecule is N#C/C(=C\c1ccc(-c2ccc([N+](=O)[O-])cc2Br)o1)C(=O)N1CCOCC1. The van der Waals surface area contributed by atoms with Crippen LogP contribution in [0.15, 0.2) is 44.8 Å². The molecule has 1 saturated heterocycles. The Labute approximate surface area is 162 Å². The zero-order valence-corrected chi connectivity index (χ0v) is 15.6. The summed E-state index contributed by atoms with van der Waals surface area (Å²) in [5.41, 5.74) is 0.555. The molecule has 8 nitrogen and oxygen atoms in total. The summed E-state index contributed by atoms with van der Waals surface area (Å²) in [5, 5.41) is 20.2. The number of morpholine rings is 1. The molecule has 1 amide bonds. The molecule has 138 valence electrons. The number of rotatable bonds is 4. The van der Waals surface area contributed by atoms with Crippen LogP contribution in [0.1, 0.15) is 5.76 Å². The molecule has 0 atom stereocenters. The highest BCUT2D eigenvalue weighted by atomic mass is 79.9. The Morgan fingerprint density at radius 1 is 1.30 bits per heavy atom. The second-order valence-corrected chi connectivity index (χ2v) is 6.55. The molecule has 0 aliphatic carbocycles. The van der Waals surface area contributed by atoms with Crippen LogP contribution in [0.25, 0.3) is 17.4 Å². The van der Waals surface area contributed by atoms with E-state index in [4.69, 9.17) is 9.15 Å². The van der Waals surface area contributed by atoms with Gasteiger partial charge in [-0.1, -0.05) is 0 Å². The molecule has 1 aromatic carbocycles. The van der Waals surface area contributed by atoms with E-state index in [1.807, 2.05) is 6.07 Å². The lowest BCUT2D eigenvalue weighted by atomic mass is 10.1. The van der Waals surface area contributed by atoms with E-state index in [1.54, 1.807) is 23.1 Å². The number of ether oxygens (including phenoxy) is 1. The smallest absolute Gasteiger partial charge is 0.270 e. The molecule has 1 aliphatic heterocycles. The van der Waals surface area contributed by atoms with Gasteiger partial charge in [-0.25, -0.2) is 0 Å². The van der Waals surface area contributed by atoms with Gasteiger partial charge in [0.25, 0.3) is 11.6 Å². The highest BCUT2D eigenvalue weighted by molar-refractivity contribution is 9.10. The summed E-state index contributed by atoms with van der Waals surface area (Å²) in [6, 6.07) is 9.55. The number of nitro benzene ring substituents is 1. The lowest BCUT2D eigenvalue weighted by molar-refractivity contribution is -0.384. The fourth-order valence-electron chi connectivity index (χ4n) is 2.61. The van der Waals surface area contributed by atoms with Gasteiger partial charge in [0, 0.05) is 41.3 Å². The van der Waals surface area contributed by atoms with Crippen molar-refractivity contribution >= 4 is 33.6 Å². The van der Waals surface area contributed by atoms with Crippen LogP contribution >= 0.6 is 15.9 Å². The monoisotopic (exact) mass is 431 g/mol. The van der Waals surface area contributed by atoms with Crippen molar-refractivity contribution in [2.75, 3.05) is 26.3 Å². The maximum absolute atomic E-state index is 12.4. The predicted octanol–water partition coefficient (Wildman–Crippen LogP) is 3.38. The van der Waals surface area contributed by atoms with Crippen LogP contribution in [0.3, 0.4) is 0 Å². The molecule has 1 aliphatic rings. The van der Waals surface area contributed by atoms with Crippen LogP contribution in [0, 0.1) is 21.4 Å². The third kappa shape index (κ3) is 4.24. The second kappa shape index (κ2) is 8.16. The summed E-state index contributed by atoms with van der Waals surface area (Å²) in [5.74, 6) is 0.433. The number of carbonyl (C=O) groups excluding carboxylic acids is 1. The molecular formula is C18H14BrN3O5. The molecule has 0 bridgehead atoms. The van der Waals surface area contributed by atoms with Gasteiger partial charge in [-0.3, -0.25) is 14.9 Å². The van der Waals surface area contributed by atoms with Crippen LogP contribution < -0.4 is 0 Å². The molecule has 3 rings (SSSR count). The Bertz CT molecular complexity index is 954. The number of nitro groups is 1. The molecule has 1 fully saturated rings. The van der Waals surface area contributed by atoms with Crippen LogP contribution in [0.2, 0.25) is 0 Å². The topological polar surface area (TPSA) is 110 Å². The number of non-ortho nitro benzene ring substituents is 1. The minimum atomic E-state index is -0.485. The van der Waals surface area contributed by atoms with Gasteiger partial charge in [0.15, 0.2) is 0 Å². The van der Waals surface area contributed by atoms with Crippen LogP contribution in [0.5, 0.6) is 0 Å². The van der Waals surface area contributed by atoms with E-state index >= 15 is 0 Å². The normalized spacial score (nSPS) is 14.7. The number of halogens is 1. The van der Waals surface area contributed by atoms with Gasteiger partial charge in [-0.05, 0) is 34.1 Å². The number of hydrogen-bond acceptors (Lipinski definition) is 6. The second-order valence-electron chi connectivity index (χ2n) is 5.70. The first kappa shape index (κ1) is 18.8. The highest BCUT2D eigenvalue weighted by Crippen LogP contribution is 2.33. The lowest BCUT2D eigenvalue weighted by Gasteiger charge is -2.26. The molecule has 0 unspecified atom stereocenters. The molecule has 2 aromatic rings. The van der Waals surface area contributed by atoms with Crippen LogP contribution in [-0.2, 0) is 9.53 Å². The summed E-state index contributed by atoms with van der Waals surface area (Å²) in [7, 11) is 0. The highest BCUT2D eigenvalue weighted by Gasteiger charge is 2.21. The Kier molecular flexibility index (Phi) is 5.69. The molecule has 0 radical (unpaired) electrons. The van der Waals surface area contributed by atoms with Crippen molar-refractivity contribution in [3.63, 3.8) is 0 Å². The Balaban J connectivity index is 1.84. The van der Waals surface area contributed by atoms with E-state index in [-0.39, 0.29) is 17.2 Å². The zero-order chi connectivity index (χ0) is 19.4.